The summed E-state index contributed by atoms with van der Waals surface area (Å²) in [7, 11) is -3.75. The SMILES string of the molecule is CC=CC(=O)OCCC(=O)O.[Li][CH2]C(C)S(=O)(=O)O. The molecule has 0 fully saturated rings. The number of rotatable bonds is 6. The Morgan fingerprint density at radius 2 is 1.95 bits per heavy atom. The van der Waals surface area contributed by atoms with Gasteiger partial charge in [0, 0.05) is 6.08 Å². The van der Waals surface area contributed by atoms with E-state index in [2.05, 4.69) is 4.74 Å². The van der Waals surface area contributed by atoms with Crippen molar-refractivity contribution in [3.05, 3.63) is 12.2 Å². The zero-order chi connectivity index (χ0) is 15.5. The summed E-state index contributed by atoms with van der Waals surface area (Å²) in [6, 6.07) is 0. The maximum absolute atomic E-state index is 10.5. The third-order valence-corrected chi connectivity index (χ3v) is 3.30. The monoisotopic (exact) mass is 288 g/mol. The summed E-state index contributed by atoms with van der Waals surface area (Å²) in [4.78, 5) is 20.5. The zero-order valence-corrected chi connectivity index (χ0v) is 12.0. The minimum absolute atomic E-state index is 0.0709. The average molecular weight is 288 g/mol. The second-order valence-corrected chi connectivity index (χ2v) is 5.38. The van der Waals surface area contributed by atoms with Crippen LogP contribution >= 0.6 is 0 Å². The molecule has 0 aromatic heterocycles. The fourth-order valence-electron chi connectivity index (χ4n) is 0.634. The molecular formula is C10H17LiO7S. The van der Waals surface area contributed by atoms with Crippen molar-refractivity contribution in [2.24, 2.45) is 0 Å². The maximum atomic E-state index is 10.5. The summed E-state index contributed by atoms with van der Waals surface area (Å²) in [6.07, 6.45) is 2.62. The molecule has 7 nitrogen and oxygen atoms in total. The Morgan fingerprint density at radius 3 is 2.21 bits per heavy atom. The minimum atomic E-state index is -3.75. The molecule has 0 saturated heterocycles. The van der Waals surface area contributed by atoms with Crippen molar-refractivity contribution in [2.45, 2.75) is 30.6 Å². The van der Waals surface area contributed by atoms with Gasteiger partial charge in [-0.25, -0.2) is 4.79 Å². The Hall–Kier alpha value is -0.813. The Bertz CT molecular complexity index is 402. The van der Waals surface area contributed by atoms with Gasteiger partial charge < -0.3 is 9.84 Å². The van der Waals surface area contributed by atoms with E-state index in [-0.39, 0.29) is 13.0 Å². The van der Waals surface area contributed by atoms with E-state index in [1.54, 1.807) is 24.6 Å². The Morgan fingerprint density at radius 1 is 1.42 bits per heavy atom. The van der Waals surface area contributed by atoms with E-state index in [0.29, 0.717) is 5.09 Å². The molecule has 1 atom stereocenters. The van der Waals surface area contributed by atoms with Crippen molar-refractivity contribution in [3.8, 4) is 0 Å². The van der Waals surface area contributed by atoms with Gasteiger partial charge in [-0.15, -0.1) is 0 Å². The molecule has 0 saturated carbocycles. The van der Waals surface area contributed by atoms with E-state index < -0.39 is 27.3 Å². The van der Waals surface area contributed by atoms with Crippen LogP contribution in [0.4, 0.5) is 0 Å². The number of carbonyl (C=O) groups is 2. The van der Waals surface area contributed by atoms with Crippen LogP contribution in [-0.2, 0) is 24.4 Å². The van der Waals surface area contributed by atoms with Gasteiger partial charge in [0.1, 0.15) is 6.61 Å². The summed E-state index contributed by atoms with van der Waals surface area (Å²) in [5.74, 6) is -1.48. The van der Waals surface area contributed by atoms with Crippen LogP contribution in [-0.4, -0.2) is 59.6 Å². The molecule has 9 heteroatoms. The Kier molecular flexibility index (Phi) is 11.9. The summed E-state index contributed by atoms with van der Waals surface area (Å²) in [5, 5.41) is 7.98. The predicted molar refractivity (Wildman–Crippen MR) is 69.6 cm³/mol. The van der Waals surface area contributed by atoms with Gasteiger partial charge in [0.25, 0.3) is 0 Å². The van der Waals surface area contributed by atoms with Crippen molar-refractivity contribution in [2.75, 3.05) is 6.61 Å². The van der Waals surface area contributed by atoms with Crippen molar-refractivity contribution >= 4 is 39.8 Å². The molecule has 19 heavy (non-hydrogen) atoms. The fourth-order valence-corrected chi connectivity index (χ4v) is 1.05. The van der Waals surface area contributed by atoms with Crippen molar-refractivity contribution in [3.63, 3.8) is 0 Å². The zero-order valence-electron chi connectivity index (χ0n) is 11.2. The van der Waals surface area contributed by atoms with Crippen LogP contribution in [0.1, 0.15) is 20.3 Å². The van der Waals surface area contributed by atoms with E-state index >= 15 is 0 Å². The summed E-state index contributed by atoms with van der Waals surface area (Å²) in [5.41, 5.74) is 0. The van der Waals surface area contributed by atoms with Gasteiger partial charge in [-0.3, -0.25) is 4.79 Å². The third-order valence-electron chi connectivity index (χ3n) is 1.95. The van der Waals surface area contributed by atoms with Gasteiger partial charge >= 0.3 is 70.0 Å². The molecule has 0 aliphatic carbocycles. The second kappa shape index (κ2) is 11.1. The van der Waals surface area contributed by atoms with Gasteiger partial charge in [-0.2, -0.15) is 0 Å². The van der Waals surface area contributed by atoms with Crippen LogP contribution in [0.15, 0.2) is 12.2 Å². The molecule has 0 aromatic rings. The third kappa shape index (κ3) is 15.1. The van der Waals surface area contributed by atoms with E-state index in [1.807, 2.05) is 0 Å². The first kappa shape index (κ1) is 20.5. The predicted octanol–water partition coefficient (Wildman–Crippen LogP) is 0.430. The number of aliphatic carboxylic acids is 1. The molecule has 0 radical (unpaired) electrons. The first-order valence-electron chi connectivity index (χ1n) is 5.62. The van der Waals surface area contributed by atoms with Crippen LogP contribution in [0, 0.1) is 0 Å². The van der Waals surface area contributed by atoms with Crippen molar-refractivity contribution < 1.29 is 32.4 Å². The van der Waals surface area contributed by atoms with Crippen LogP contribution in [0.25, 0.3) is 0 Å². The number of carboxylic acids is 1. The number of allylic oxidation sites excluding steroid dienone is 1. The Balaban J connectivity index is 0. The molecular weight excluding hydrogens is 271 g/mol. The summed E-state index contributed by atoms with van der Waals surface area (Å²) in [6.45, 7) is 3.08. The molecule has 0 aliphatic heterocycles. The quantitative estimate of drug-likeness (QED) is 0.315. The van der Waals surface area contributed by atoms with Crippen LogP contribution < -0.4 is 0 Å². The van der Waals surface area contributed by atoms with Gasteiger partial charge in [-0.1, -0.05) is 6.08 Å². The molecule has 0 aliphatic rings. The molecule has 0 spiro atoms. The molecule has 0 bridgehead atoms. The molecule has 0 heterocycles. The van der Waals surface area contributed by atoms with Crippen molar-refractivity contribution in [1.29, 1.82) is 0 Å². The second-order valence-electron chi connectivity index (χ2n) is 3.55. The standard InChI is InChI=1S/C7H10O4.C3H7O3S.Li/c1-2-3-7(10)11-5-4-6(8)9;1-3(2)7(4,5)6;/h2-3H,4-5H2,1H3,(H,8,9);3H,1H2,2H3,(H,4,5,6);. The molecule has 1 unspecified atom stereocenters. The van der Waals surface area contributed by atoms with Crippen LogP contribution in [0.5, 0.6) is 0 Å². The molecule has 0 amide bonds. The van der Waals surface area contributed by atoms with E-state index in [9.17, 15) is 18.0 Å². The summed E-state index contributed by atoms with van der Waals surface area (Å²) < 4.78 is 33.0. The summed E-state index contributed by atoms with van der Waals surface area (Å²) >= 11 is 1.71. The normalized spacial score (nSPS) is 12.5. The van der Waals surface area contributed by atoms with Crippen LogP contribution in [0.2, 0.25) is 5.09 Å². The number of hydrogen-bond acceptors (Lipinski definition) is 5. The van der Waals surface area contributed by atoms with Gasteiger partial charge in [0.05, 0.1) is 6.42 Å². The molecule has 106 valence electrons. The Labute approximate surface area is 122 Å². The fraction of sp³-hybridized carbons (Fsp3) is 0.600. The average Bonchev–Trinajstić information content (AvgIpc) is 2.27. The van der Waals surface area contributed by atoms with E-state index in [0.717, 1.165) is 0 Å². The molecule has 0 rings (SSSR count). The van der Waals surface area contributed by atoms with Gasteiger partial charge in [0.2, 0.25) is 0 Å². The molecule has 2 N–H and O–H groups in total. The topological polar surface area (TPSA) is 118 Å². The van der Waals surface area contributed by atoms with Gasteiger partial charge in [0.15, 0.2) is 0 Å². The van der Waals surface area contributed by atoms with Gasteiger partial charge in [-0.05, 0) is 6.92 Å². The number of hydrogen-bond donors (Lipinski definition) is 2. The van der Waals surface area contributed by atoms with E-state index in [4.69, 9.17) is 9.66 Å². The molecule has 0 aromatic carbocycles. The first-order valence-corrected chi connectivity index (χ1v) is 7.13. The van der Waals surface area contributed by atoms with Crippen LogP contribution in [0.3, 0.4) is 0 Å². The number of carbonyl (C=O) groups excluding carboxylic acids is 1. The number of ether oxygens (including phenoxy) is 1. The first-order chi connectivity index (χ1) is 8.65. The number of carboxylic acid groups (broad SMARTS) is 1. The van der Waals surface area contributed by atoms with Crippen molar-refractivity contribution in [1.82, 2.24) is 0 Å². The number of esters is 1. The van der Waals surface area contributed by atoms with E-state index in [1.165, 1.54) is 19.1 Å².